The highest BCUT2D eigenvalue weighted by atomic mass is 32.2. The normalized spacial score (nSPS) is 36.6. The molecule has 3 heterocycles. The van der Waals surface area contributed by atoms with Crippen molar-refractivity contribution in [2.24, 2.45) is 28.8 Å². The Bertz CT molecular complexity index is 2060. The van der Waals surface area contributed by atoms with Gasteiger partial charge in [0.15, 0.2) is 16.1 Å². The number of carbonyl (C=O) groups is 1. The van der Waals surface area contributed by atoms with Gasteiger partial charge in [-0.2, -0.15) is 0 Å². The summed E-state index contributed by atoms with van der Waals surface area (Å²) in [5.41, 5.74) is -1.71. The minimum absolute atomic E-state index is 0.0800. The molecule has 0 spiro atoms. The van der Waals surface area contributed by atoms with E-state index in [4.69, 9.17) is 19.0 Å². The number of ether oxygens (including phenoxy) is 3. The molecule has 0 amide bonds. The molecular formula is C48H79FN6O12S. The molecule has 0 bridgehead atoms. The SMILES string of the molecule is CC[C@H]1OC(O)[C@H](C)C(=O)[C@H](C)[C@@H](O[C@@H]2C[C@H](C)C[C@H](N(C)CCc3cn([C@H](CF)[C@H](O)c4ccc(S(C)(=O)=O)cc4)nn3)[C@H]2O)[C@](C)(OC)CC/C(=N\O[C@@H]2CCCNC2)[C@H](C)[C@@H](O)[C@]1(C)O. The number of nitrogens with zero attached hydrogens (tertiary/aromatic N) is 5. The first-order valence-electron chi connectivity index (χ1n) is 24.2. The number of benzene rings is 1. The Morgan fingerprint density at radius 1 is 1.09 bits per heavy atom. The van der Waals surface area contributed by atoms with Gasteiger partial charge in [-0.3, -0.25) is 4.79 Å². The fourth-order valence-corrected chi connectivity index (χ4v) is 10.8. The zero-order chi connectivity index (χ0) is 50.3. The van der Waals surface area contributed by atoms with E-state index >= 15 is 0 Å². The van der Waals surface area contributed by atoms with Crippen LogP contribution in [0.1, 0.15) is 117 Å². The summed E-state index contributed by atoms with van der Waals surface area (Å²) >= 11 is 0. The molecule has 1 aromatic heterocycles. The van der Waals surface area contributed by atoms with Gasteiger partial charge in [-0.25, -0.2) is 17.5 Å². The topological polar surface area (TPSA) is 248 Å². The predicted octanol–water partition coefficient (Wildman–Crippen LogP) is 3.34. The first kappa shape index (κ1) is 55.9. The van der Waals surface area contributed by atoms with Crippen LogP contribution in [-0.2, 0) is 40.1 Å². The van der Waals surface area contributed by atoms with Gasteiger partial charge in [-0.1, -0.05) is 57.1 Å². The number of halogens is 1. The summed E-state index contributed by atoms with van der Waals surface area (Å²) in [7, 11) is -0.0282. The average Bonchev–Trinajstić information content (AvgIpc) is 3.79. The van der Waals surface area contributed by atoms with Crippen molar-refractivity contribution in [1.82, 2.24) is 25.2 Å². The molecule has 16 atom stereocenters. The zero-order valence-corrected chi connectivity index (χ0v) is 42.4. The number of oxime groups is 1. The summed E-state index contributed by atoms with van der Waals surface area (Å²) in [6.45, 7) is 13.1. The third kappa shape index (κ3) is 13.3. The molecule has 2 aliphatic heterocycles. The Labute approximate surface area is 401 Å². The number of sulfone groups is 1. The molecule has 1 saturated carbocycles. The van der Waals surface area contributed by atoms with Gasteiger partial charge in [-0.15, -0.1) is 5.10 Å². The highest BCUT2D eigenvalue weighted by Gasteiger charge is 2.50. The monoisotopic (exact) mass is 983 g/mol. The number of nitrogens with one attached hydrogen (secondary N) is 1. The van der Waals surface area contributed by atoms with Crippen molar-refractivity contribution in [2.45, 2.75) is 177 Å². The number of Topliss-reactive ketones (excluding diaryl/α,β-unsaturated/α-hetero) is 1. The number of alkyl halides is 1. The molecule has 1 aliphatic carbocycles. The van der Waals surface area contributed by atoms with Gasteiger partial charge in [0.1, 0.15) is 36.3 Å². The summed E-state index contributed by atoms with van der Waals surface area (Å²) in [6, 6.07) is 4.13. The first-order chi connectivity index (χ1) is 32.0. The molecule has 1 unspecified atom stereocenters. The molecule has 18 nitrogen and oxygen atoms in total. The number of hydrogen-bond acceptors (Lipinski definition) is 17. The summed E-state index contributed by atoms with van der Waals surface area (Å²) < 4.78 is 58.9. The van der Waals surface area contributed by atoms with E-state index in [1.54, 1.807) is 33.9 Å². The number of aliphatic hydroxyl groups excluding tert-OH is 4. The highest BCUT2D eigenvalue weighted by Crippen LogP contribution is 2.39. The van der Waals surface area contributed by atoms with Crippen LogP contribution in [0.4, 0.5) is 4.39 Å². The van der Waals surface area contributed by atoms with Crippen LogP contribution in [0.15, 0.2) is 40.5 Å². The molecule has 68 heavy (non-hydrogen) atoms. The molecular weight excluding hydrogens is 904 g/mol. The number of aromatic nitrogens is 3. The van der Waals surface area contributed by atoms with E-state index in [0.717, 1.165) is 25.6 Å². The maximum atomic E-state index is 14.5. The number of ketones is 1. The largest absolute Gasteiger partial charge is 0.391 e. The lowest BCUT2D eigenvalue weighted by Crippen LogP contribution is -2.59. The summed E-state index contributed by atoms with van der Waals surface area (Å²) in [4.78, 5) is 22.6. The van der Waals surface area contributed by atoms with Crippen LogP contribution in [0.2, 0.25) is 0 Å². The second-order valence-corrected chi connectivity index (χ2v) is 22.2. The van der Waals surface area contributed by atoms with Gasteiger partial charge in [0, 0.05) is 57.0 Å². The Morgan fingerprint density at radius 3 is 2.38 bits per heavy atom. The lowest BCUT2D eigenvalue weighted by molar-refractivity contribution is -0.235. The summed E-state index contributed by atoms with van der Waals surface area (Å²) in [5.74, 6) is -2.97. The molecule has 3 fully saturated rings. The van der Waals surface area contributed by atoms with Crippen molar-refractivity contribution in [2.75, 3.05) is 46.7 Å². The van der Waals surface area contributed by atoms with Crippen LogP contribution in [0.3, 0.4) is 0 Å². The number of rotatable bonds is 15. The van der Waals surface area contributed by atoms with Crippen LogP contribution in [-0.4, -0.2) is 172 Å². The lowest BCUT2D eigenvalue weighted by atomic mass is 9.76. The number of aliphatic hydroxyl groups is 5. The lowest BCUT2D eigenvalue weighted by Gasteiger charge is -2.47. The van der Waals surface area contributed by atoms with Gasteiger partial charge >= 0.3 is 0 Å². The van der Waals surface area contributed by atoms with Gasteiger partial charge < -0.3 is 54.8 Å². The minimum atomic E-state index is -3.45. The van der Waals surface area contributed by atoms with Crippen LogP contribution < -0.4 is 5.32 Å². The molecule has 2 aromatic rings. The number of carbonyl (C=O) groups excluding carboxylic acids is 1. The molecule has 0 radical (unpaired) electrons. The van der Waals surface area contributed by atoms with Crippen molar-refractivity contribution in [3.63, 3.8) is 0 Å². The molecule has 386 valence electrons. The van der Waals surface area contributed by atoms with E-state index in [-0.39, 0.29) is 48.0 Å². The van der Waals surface area contributed by atoms with E-state index in [1.807, 2.05) is 18.9 Å². The van der Waals surface area contributed by atoms with Crippen LogP contribution >= 0.6 is 0 Å². The zero-order valence-electron chi connectivity index (χ0n) is 41.6. The fourth-order valence-electron chi connectivity index (χ4n) is 10.1. The van der Waals surface area contributed by atoms with Crippen molar-refractivity contribution < 1.29 is 62.2 Å². The Balaban J connectivity index is 1.37. The van der Waals surface area contributed by atoms with Crippen LogP contribution in [0.5, 0.6) is 0 Å². The van der Waals surface area contributed by atoms with Crippen molar-refractivity contribution >= 4 is 21.3 Å². The number of piperidine rings is 1. The molecule has 20 heteroatoms. The number of hydrogen-bond donors (Lipinski definition) is 6. The Kier molecular flexibility index (Phi) is 19.7. The third-order valence-corrected chi connectivity index (χ3v) is 16.1. The van der Waals surface area contributed by atoms with E-state index < -0.39 is 94.4 Å². The van der Waals surface area contributed by atoms with E-state index in [2.05, 4.69) is 27.7 Å². The standard InChI is InChI=1S/C48H79FN6O12S/c1-11-40-48(7,61)44(59)29(3)36(52-67-34-13-12-21-50-26-34)18-20-47(6,64-9)45(30(4)41(56)31(5)46(60)66-40)65-39-24-28(2)23-37(43(39)58)54(8)22-19-33-27-55(53-51-33)38(25-49)42(57)32-14-16-35(17-15-32)68(10,62)63/h14-17,27-31,34,37-40,42-46,50,57-61H,11-13,18-26H2,1-10H3/b52-36+/t28-,29+,30+,31-,34-,37+,38-,39-,40-,42-,43-,44-,45-,46?,47-,48-/m1/s1. The number of methoxy groups -OCH3 is 1. The molecule has 6 N–H and O–H groups in total. The minimum Gasteiger partial charge on any atom is -0.391 e. The molecule has 1 aromatic carbocycles. The van der Waals surface area contributed by atoms with E-state index in [1.165, 1.54) is 43.0 Å². The molecule has 5 rings (SSSR count). The van der Waals surface area contributed by atoms with Crippen LogP contribution in [0.25, 0.3) is 0 Å². The molecule has 2 saturated heterocycles. The molecule has 3 aliphatic rings. The smallest absolute Gasteiger partial charge is 0.175 e. The van der Waals surface area contributed by atoms with Crippen molar-refractivity contribution in [3.05, 3.63) is 41.7 Å². The maximum absolute atomic E-state index is 14.5. The Morgan fingerprint density at radius 2 is 1.78 bits per heavy atom. The average molecular weight is 983 g/mol. The van der Waals surface area contributed by atoms with Crippen molar-refractivity contribution in [1.29, 1.82) is 0 Å². The van der Waals surface area contributed by atoms with Crippen molar-refractivity contribution in [3.8, 4) is 0 Å². The second kappa shape index (κ2) is 23.9. The van der Waals surface area contributed by atoms with E-state index in [0.29, 0.717) is 49.3 Å². The van der Waals surface area contributed by atoms with Gasteiger partial charge in [-0.05, 0) is 96.0 Å². The van der Waals surface area contributed by atoms with Gasteiger partial charge in [0.25, 0.3) is 0 Å². The fraction of sp³-hybridized carbons (Fsp3) is 0.792. The first-order valence-corrected chi connectivity index (χ1v) is 26.1. The van der Waals surface area contributed by atoms with Gasteiger partial charge in [0.05, 0.1) is 58.3 Å². The quantitative estimate of drug-likeness (QED) is 0.140. The van der Waals surface area contributed by atoms with E-state index in [9.17, 15) is 43.1 Å². The summed E-state index contributed by atoms with van der Waals surface area (Å²) in [6.07, 6.45) is -1.74. The summed E-state index contributed by atoms with van der Waals surface area (Å²) in [5, 5.41) is 74.6. The highest BCUT2D eigenvalue weighted by molar-refractivity contribution is 7.90. The predicted molar refractivity (Wildman–Crippen MR) is 252 cm³/mol. The second-order valence-electron chi connectivity index (χ2n) is 20.2. The third-order valence-electron chi connectivity index (χ3n) is 15.0. The van der Waals surface area contributed by atoms with Crippen LogP contribution in [0, 0.1) is 23.7 Å². The Hall–Kier alpha value is -3.02. The van der Waals surface area contributed by atoms with Gasteiger partial charge in [0.2, 0.25) is 0 Å². The maximum Gasteiger partial charge on any atom is 0.175 e. The number of likely N-dealkylation sites (N-methyl/N-ethyl adjacent to an activating group) is 1.